The van der Waals surface area contributed by atoms with Crippen LogP contribution in [0.3, 0.4) is 0 Å². The molecule has 6 nitrogen and oxygen atoms in total. The molecule has 2 amide bonds. The van der Waals surface area contributed by atoms with Crippen LogP contribution in [0.4, 0.5) is 0 Å². The van der Waals surface area contributed by atoms with E-state index in [1.54, 1.807) is 6.20 Å². The van der Waals surface area contributed by atoms with Gasteiger partial charge in [-0.3, -0.25) is 14.6 Å². The zero-order valence-electron chi connectivity index (χ0n) is 18.1. The van der Waals surface area contributed by atoms with Crippen molar-refractivity contribution in [2.24, 2.45) is 11.8 Å². The molecule has 0 saturated carbocycles. The van der Waals surface area contributed by atoms with Crippen LogP contribution in [0.1, 0.15) is 36.9 Å². The quantitative estimate of drug-likeness (QED) is 0.740. The Bertz CT molecular complexity index is 1010. The predicted octanol–water partition coefficient (Wildman–Crippen LogP) is 3.36. The first-order valence-corrected chi connectivity index (χ1v) is 11.2. The number of nitrogens with one attached hydrogen (secondary N) is 1. The van der Waals surface area contributed by atoms with E-state index in [9.17, 15) is 14.9 Å². The highest BCUT2D eigenvalue weighted by atomic mass is 16.2. The molecule has 164 valence electrons. The Balaban J connectivity index is 1.40. The molecule has 32 heavy (non-hydrogen) atoms. The number of benzene rings is 1. The van der Waals surface area contributed by atoms with E-state index in [1.807, 2.05) is 65.6 Å². The molecule has 1 N–H and O–H groups in total. The molecular weight excluding hydrogens is 400 g/mol. The number of pyridine rings is 1. The largest absolute Gasteiger partial charge is 0.350 e. The molecule has 1 fully saturated rings. The highest BCUT2D eigenvalue weighted by Gasteiger charge is 2.41. The van der Waals surface area contributed by atoms with Gasteiger partial charge in [-0.15, -0.1) is 0 Å². The van der Waals surface area contributed by atoms with E-state index in [0.29, 0.717) is 45.3 Å². The van der Waals surface area contributed by atoms with Crippen LogP contribution in [0.15, 0.2) is 66.9 Å². The fourth-order valence-electron chi connectivity index (χ4n) is 4.75. The summed E-state index contributed by atoms with van der Waals surface area (Å²) in [6.07, 6.45) is 8.03. The molecule has 1 saturated heterocycles. The lowest BCUT2D eigenvalue weighted by Crippen LogP contribution is -2.49. The number of amides is 2. The van der Waals surface area contributed by atoms with Crippen LogP contribution in [0.5, 0.6) is 0 Å². The number of rotatable bonds is 5. The van der Waals surface area contributed by atoms with Crippen molar-refractivity contribution in [3.63, 3.8) is 0 Å². The number of likely N-dealkylation sites (tertiary alicyclic amines) is 1. The van der Waals surface area contributed by atoms with Gasteiger partial charge in [0.25, 0.3) is 0 Å². The van der Waals surface area contributed by atoms with E-state index < -0.39 is 5.41 Å². The second kappa shape index (κ2) is 9.78. The number of carbonyl (C=O) groups is 2. The maximum atomic E-state index is 13.4. The Hall–Kier alpha value is -3.46. The summed E-state index contributed by atoms with van der Waals surface area (Å²) in [7, 11) is 0. The predicted molar refractivity (Wildman–Crippen MR) is 121 cm³/mol. The van der Waals surface area contributed by atoms with Gasteiger partial charge < -0.3 is 10.2 Å². The Labute approximate surface area is 189 Å². The molecule has 2 aliphatic rings. The summed E-state index contributed by atoms with van der Waals surface area (Å²) in [6, 6.07) is 17.9. The van der Waals surface area contributed by atoms with Crippen LogP contribution >= 0.6 is 0 Å². The molecule has 2 atom stereocenters. The number of nitrogens with zero attached hydrogens (tertiary/aromatic N) is 3. The molecule has 1 aliphatic carbocycles. The van der Waals surface area contributed by atoms with Gasteiger partial charge in [0.15, 0.2) is 0 Å². The van der Waals surface area contributed by atoms with Gasteiger partial charge in [-0.05, 0) is 43.4 Å². The fourth-order valence-corrected chi connectivity index (χ4v) is 4.75. The van der Waals surface area contributed by atoms with Crippen LogP contribution in [-0.2, 0) is 21.5 Å². The van der Waals surface area contributed by atoms with E-state index in [4.69, 9.17) is 0 Å². The second-order valence-corrected chi connectivity index (χ2v) is 8.58. The van der Waals surface area contributed by atoms with Gasteiger partial charge in [-0.1, -0.05) is 48.6 Å². The summed E-state index contributed by atoms with van der Waals surface area (Å²) < 4.78 is 0. The van der Waals surface area contributed by atoms with Crippen molar-refractivity contribution in [3.8, 4) is 6.07 Å². The number of aromatic nitrogens is 1. The second-order valence-electron chi connectivity index (χ2n) is 8.58. The minimum absolute atomic E-state index is 0.0203. The summed E-state index contributed by atoms with van der Waals surface area (Å²) in [4.78, 5) is 32.4. The molecule has 0 spiro atoms. The average Bonchev–Trinajstić information content (AvgIpc) is 2.88. The zero-order valence-corrected chi connectivity index (χ0v) is 18.1. The monoisotopic (exact) mass is 428 g/mol. The van der Waals surface area contributed by atoms with Crippen molar-refractivity contribution in [1.82, 2.24) is 15.2 Å². The molecule has 0 bridgehead atoms. The number of hydrogen-bond acceptors (Lipinski definition) is 4. The molecule has 2 unspecified atom stereocenters. The fraction of sp³-hybridized carbons (Fsp3) is 0.385. The molecule has 2 heterocycles. The minimum Gasteiger partial charge on any atom is -0.350 e. The van der Waals surface area contributed by atoms with E-state index in [-0.39, 0.29) is 23.7 Å². The normalized spacial score (nSPS) is 22.0. The van der Waals surface area contributed by atoms with Crippen LogP contribution in [0, 0.1) is 23.2 Å². The zero-order chi connectivity index (χ0) is 22.4. The lowest BCUT2D eigenvalue weighted by Gasteiger charge is -2.40. The Kier molecular flexibility index (Phi) is 6.65. The van der Waals surface area contributed by atoms with Gasteiger partial charge in [0.1, 0.15) is 0 Å². The average molecular weight is 429 g/mol. The third-order valence-corrected chi connectivity index (χ3v) is 6.73. The third-order valence-electron chi connectivity index (χ3n) is 6.73. The Morgan fingerprint density at radius 3 is 2.38 bits per heavy atom. The summed E-state index contributed by atoms with van der Waals surface area (Å²) in [5.74, 6) is -0.832. The highest BCUT2D eigenvalue weighted by Crippen LogP contribution is 2.36. The van der Waals surface area contributed by atoms with Gasteiger partial charge >= 0.3 is 0 Å². The number of hydrogen-bond donors (Lipinski definition) is 1. The number of allylic oxidation sites excluding steroid dienone is 2. The molecule has 6 heteroatoms. The maximum Gasteiger partial charge on any atom is 0.226 e. The molecule has 1 aromatic heterocycles. The summed E-state index contributed by atoms with van der Waals surface area (Å²) in [5.41, 5.74) is 1.26. The van der Waals surface area contributed by atoms with E-state index in [0.717, 1.165) is 11.3 Å². The maximum absolute atomic E-state index is 13.4. The SMILES string of the molecule is N#CC1(c2ccccc2)CCN(C(=O)C2CC=CCC2C(=O)NCc2ccccn2)CC1. The number of carbonyl (C=O) groups excluding carboxylic acids is 2. The standard InChI is InChI=1S/C26H28N4O2/c27-19-26(20-8-2-1-3-9-20)13-16-30(17-14-26)25(32)23-12-5-4-11-22(23)24(31)29-18-21-10-6-7-15-28-21/h1-10,15,22-23H,11-14,16-18H2,(H,29,31). The van der Waals surface area contributed by atoms with Gasteiger partial charge in [-0.2, -0.15) is 5.26 Å². The first kappa shape index (κ1) is 21.8. The van der Waals surface area contributed by atoms with Gasteiger partial charge in [0, 0.05) is 19.3 Å². The van der Waals surface area contributed by atoms with Crippen LogP contribution in [0.2, 0.25) is 0 Å². The summed E-state index contributed by atoms with van der Waals surface area (Å²) in [5, 5.41) is 12.9. The molecule has 1 aromatic carbocycles. The first-order valence-electron chi connectivity index (χ1n) is 11.2. The number of nitriles is 1. The molecule has 4 rings (SSSR count). The van der Waals surface area contributed by atoms with E-state index >= 15 is 0 Å². The number of piperidine rings is 1. The van der Waals surface area contributed by atoms with E-state index in [2.05, 4.69) is 16.4 Å². The van der Waals surface area contributed by atoms with Crippen LogP contribution in [0.25, 0.3) is 0 Å². The van der Waals surface area contributed by atoms with Crippen molar-refractivity contribution < 1.29 is 9.59 Å². The van der Waals surface area contributed by atoms with Crippen molar-refractivity contribution >= 4 is 11.8 Å². The van der Waals surface area contributed by atoms with Crippen molar-refractivity contribution in [2.45, 2.75) is 37.6 Å². The lowest BCUT2D eigenvalue weighted by atomic mass is 9.73. The lowest BCUT2D eigenvalue weighted by molar-refractivity contribution is -0.143. The van der Waals surface area contributed by atoms with E-state index in [1.165, 1.54) is 0 Å². The van der Waals surface area contributed by atoms with Gasteiger partial charge in [-0.25, -0.2) is 0 Å². The highest BCUT2D eigenvalue weighted by molar-refractivity contribution is 5.88. The van der Waals surface area contributed by atoms with Crippen LogP contribution < -0.4 is 5.32 Å². The molecule has 2 aromatic rings. The van der Waals surface area contributed by atoms with Gasteiger partial charge in [0.2, 0.25) is 11.8 Å². The molecule has 1 aliphatic heterocycles. The van der Waals surface area contributed by atoms with Crippen LogP contribution in [-0.4, -0.2) is 34.8 Å². The molecular formula is C26H28N4O2. The smallest absolute Gasteiger partial charge is 0.226 e. The summed E-state index contributed by atoms with van der Waals surface area (Å²) in [6.45, 7) is 1.42. The summed E-state index contributed by atoms with van der Waals surface area (Å²) >= 11 is 0. The van der Waals surface area contributed by atoms with Crippen molar-refractivity contribution in [3.05, 3.63) is 78.1 Å². The topological polar surface area (TPSA) is 86.1 Å². The van der Waals surface area contributed by atoms with Gasteiger partial charge in [0.05, 0.1) is 35.6 Å². The van der Waals surface area contributed by atoms with Crippen molar-refractivity contribution in [2.75, 3.05) is 13.1 Å². The third kappa shape index (κ3) is 4.57. The van der Waals surface area contributed by atoms with Crippen molar-refractivity contribution in [1.29, 1.82) is 5.26 Å². The minimum atomic E-state index is -0.552. The Morgan fingerprint density at radius 1 is 1.03 bits per heavy atom. The first-order chi connectivity index (χ1) is 15.6. The Morgan fingerprint density at radius 2 is 1.72 bits per heavy atom. The molecule has 0 radical (unpaired) electrons.